The fourth-order valence-corrected chi connectivity index (χ4v) is 3.47. The monoisotopic (exact) mass is 269 g/mol. The fraction of sp³-hybridized carbons (Fsp3) is 0.692. The number of hydrogen-bond acceptors (Lipinski definition) is 4. The van der Waals surface area contributed by atoms with Gasteiger partial charge >= 0.3 is 5.97 Å². The molecule has 2 heterocycles. The Bertz CT molecular complexity index is 442. The molecule has 1 atom stereocenters. The third-order valence-electron chi connectivity index (χ3n) is 2.94. The molecule has 1 N–H and O–H groups in total. The van der Waals surface area contributed by atoms with Crippen molar-refractivity contribution in [3.8, 4) is 0 Å². The van der Waals surface area contributed by atoms with Gasteiger partial charge in [-0.2, -0.15) is 0 Å². The number of carbonyl (C=O) groups is 1. The van der Waals surface area contributed by atoms with Gasteiger partial charge in [0, 0.05) is 16.9 Å². The molecule has 4 nitrogen and oxygen atoms in total. The van der Waals surface area contributed by atoms with Crippen LogP contribution in [0.4, 0.5) is 0 Å². The van der Waals surface area contributed by atoms with Crippen LogP contribution in [0.5, 0.6) is 0 Å². The van der Waals surface area contributed by atoms with E-state index in [1.165, 1.54) is 11.3 Å². The number of carboxylic acids is 1. The van der Waals surface area contributed by atoms with E-state index in [0.29, 0.717) is 0 Å². The van der Waals surface area contributed by atoms with Crippen LogP contribution in [0.25, 0.3) is 0 Å². The molecule has 1 aromatic rings. The maximum Gasteiger partial charge on any atom is 0.308 e. The largest absolute Gasteiger partial charge is 0.481 e. The van der Waals surface area contributed by atoms with Gasteiger partial charge < -0.3 is 9.84 Å². The Morgan fingerprint density at radius 2 is 2.28 bits per heavy atom. The molecule has 1 aliphatic rings. The number of rotatable bonds is 3. The minimum absolute atomic E-state index is 0.0526. The van der Waals surface area contributed by atoms with E-state index in [1.807, 2.05) is 0 Å². The Morgan fingerprint density at radius 1 is 1.56 bits per heavy atom. The zero-order valence-electron chi connectivity index (χ0n) is 11.0. The van der Waals surface area contributed by atoms with Crippen LogP contribution in [-0.4, -0.2) is 22.7 Å². The van der Waals surface area contributed by atoms with Crippen LogP contribution < -0.4 is 0 Å². The molecule has 5 heteroatoms. The van der Waals surface area contributed by atoms with Crippen molar-refractivity contribution in [2.24, 2.45) is 0 Å². The van der Waals surface area contributed by atoms with Crippen molar-refractivity contribution in [3.63, 3.8) is 0 Å². The average Bonchev–Trinajstić information content (AvgIpc) is 2.81. The molecule has 0 amide bonds. The topological polar surface area (TPSA) is 59.4 Å². The SMILES string of the molecule is CC(C)(C)c1nc(C2CCCO2)sc1CC(=O)O. The molecule has 0 spiro atoms. The second-order valence-corrected chi connectivity index (χ2v) is 6.76. The summed E-state index contributed by atoms with van der Waals surface area (Å²) in [4.78, 5) is 16.4. The minimum atomic E-state index is -0.803. The van der Waals surface area contributed by atoms with Crippen molar-refractivity contribution in [3.05, 3.63) is 15.6 Å². The first-order chi connectivity index (χ1) is 8.38. The van der Waals surface area contributed by atoms with E-state index < -0.39 is 5.97 Å². The standard InChI is InChI=1S/C13H19NO3S/c1-13(2,3)11-9(7-10(15)16)18-12(14-11)8-5-4-6-17-8/h8H,4-7H2,1-3H3,(H,15,16). The van der Waals surface area contributed by atoms with E-state index in [0.717, 1.165) is 35.0 Å². The fourth-order valence-electron chi connectivity index (χ4n) is 2.12. The molecule has 1 aromatic heterocycles. The van der Waals surface area contributed by atoms with Crippen LogP contribution in [0, 0.1) is 0 Å². The van der Waals surface area contributed by atoms with Gasteiger partial charge in [-0.1, -0.05) is 20.8 Å². The first-order valence-corrected chi connectivity index (χ1v) is 7.03. The van der Waals surface area contributed by atoms with E-state index in [-0.39, 0.29) is 17.9 Å². The van der Waals surface area contributed by atoms with E-state index in [4.69, 9.17) is 9.84 Å². The Labute approximate surface area is 111 Å². The van der Waals surface area contributed by atoms with Crippen molar-refractivity contribution in [1.29, 1.82) is 0 Å². The molecule has 0 saturated carbocycles. The van der Waals surface area contributed by atoms with Gasteiger partial charge in [0.25, 0.3) is 0 Å². The predicted octanol–water partition coefficient (Wildman–Crippen LogP) is 2.92. The van der Waals surface area contributed by atoms with Crippen LogP contribution in [0.3, 0.4) is 0 Å². The van der Waals surface area contributed by atoms with Gasteiger partial charge in [0.05, 0.1) is 12.1 Å². The lowest BCUT2D eigenvalue weighted by atomic mass is 9.91. The third kappa shape index (κ3) is 2.90. The number of thiazole rings is 1. The molecule has 0 aliphatic carbocycles. The summed E-state index contributed by atoms with van der Waals surface area (Å²) in [5, 5.41) is 9.92. The minimum Gasteiger partial charge on any atom is -0.481 e. The number of aromatic nitrogens is 1. The summed E-state index contributed by atoms with van der Waals surface area (Å²) >= 11 is 1.50. The summed E-state index contributed by atoms with van der Waals surface area (Å²) in [6.45, 7) is 6.97. The highest BCUT2D eigenvalue weighted by Crippen LogP contribution is 2.36. The lowest BCUT2D eigenvalue weighted by Crippen LogP contribution is -2.15. The number of aliphatic carboxylic acids is 1. The van der Waals surface area contributed by atoms with Gasteiger partial charge in [-0.05, 0) is 12.8 Å². The number of nitrogens with zero attached hydrogens (tertiary/aromatic N) is 1. The first-order valence-electron chi connectivity index (χ1n) is 6.21. The zero-order valence-corrected chi connectivity index (χ0v) is 11.8. The van der Waals surface area contributed by atoms with Crippen molar-refractivity contribution in [2.45, 2.75) is 51.6 Å². The van der Waals surface area contributed by atoms with E-state index in [1.54, 1.807) is 0 Å². The van der Waals surface area contributed by atoms with Crippen molar-refractivity contribution >= 4 is 17.3 Å². The Hall–Kier alpha value is -0.940. The molecule has 1 unspecified atom stereocenters. The quantitative estimate of drug-likeness (QED) is 0.916. The Kier molecular flexibility index (Phi) is 3.73. The molecule has 18 heavy (non-hydrogen) atoms. The van der Waals surface area contributed by atoms with Crippen molar-refractivity contribution in [1.82, 2.24) is 4.98 Å². The summed E-state index contributed by atoms with van der Waals surface area (Å²) in [6, 6.07) is 0. The molecule has 100 valence electrons. The van der Waals surface area contributed by atoms with Crippen LogP contribution in [-0.2, 0) is 21.4 Å². The summed E-state index contributed by atoms with van der Waals surface area (Å²) in [5.41, 5.74) is 0.776. The van der Waals surface area contributed by atoms with Gasteiger partial charge in [0.2, 0.25) is 0 Å². The average molecular weight is 269 g/mol. The lowest BCUT2D eigenvalue weighted by molar-refractivity contribution is -0.136. The van der Waals surface area contributed by atoms with Gasteiger partial charge in [-0.15, -0.1) is 11.3 Å². The molecular weight excluding hydrogens is 250 g/mol. The summed E-state index contributed by atoms with van der Waals surface area (Å²) in [5.74, 6) is -0.803. The van der Waals surface area contributed by atoms with E-state index >= 15 is 0 Å². The highest BCUT2D eigenvalue weighted by molar-refractivity contribution is 7.12. The summed E-state index contributed by atoms with van der Waals surface area (Å²) < 4.78 is 5.63. The normalized spacial score (nSPS) is 20.3. The third-order valence-corrected chi connectivity index (χ3v) is 4.09. The predicted molar refractivity (Wildman–Crippen MR) is 70.1 cm³/mol. The molecule has 0 radical (unpaired) electrons. The highest BCUT2D eigenvalue weighted by atomic mass is 32.1. The maximum atomic E-state index is 10.9. The molecule has 1 saturated heterocycles. The summed E-state index contributed by atoms with van der Waals surface area (Å²) in [6.07, 6.45) is 2.17. The highest BCUT2D eigenvalue weighted by Gasteiger charge is 2.28. The van der Waals surface area contributed by atoms with Gasteiger partial charge in [0.1, 0.15) is 11.1 Å². The molecule has 2 rings (SSSR count). The smallest absolute Gasteiger partial charge is 0.308 e. The van der Waals surface area contributed by atoms with E-state index in [2.05, 4.69) is 25.8 Å². The zero-order chi connectivity index (χ0) is 13.3. The lowest BCUT2D eigenvalue weighted by Gasteiger charge is -2.17. The number of carboxylic acid groups (broad SMARTS) is 1. The maximum absolute atomic E-state index is 10.9. The van der Waals surface area contributed by atoms with Crippen LogP contribution in [0.15, 0.2) is 0 Å². The molecule has 1 aliphatic heterocycles. The molecule has 0 bridgehead atoms. The molecule has 0 aromatic carbocycles. The molecular formula is C13H19NO3S. The second kappa shape index (κ2) is 4.97. The second-order valence-electron chi connectivity index (χ2n) is 5.65. The molecule has 1 fully saturated rings. The van der Waals surface area contributed by atoms with E-state index in [9.17, 15) is 4.79 Å². The van der Waals surface area contributed by atoms with Crippen molar-refractivity contribution < 1.29 is 14.6 Å². The Morgan fingerprint density at radius 3 is 2.78 bits per heavy atom. The number of hydrogen-bond donors (Lipinski definition) is 1. The van der Waals surface area contributed by atoms with Gasteiger partial charge in [-0.25, -0.2) is 4.98 Å². The Balaban J connectivity index is 2.33. The van der Waals surface area contributed by atoms with Gasteiger partial charge in [0.15, 0.2) is 0 Å². The summed E-state index contributed by atoms with van der Waals surface area (Å²) in [7, 11) is 0. The van der Waals surface area contributed by atoms with Crippen LogP contribution in [0.2, 0.25) is 0 Å². The van der Waals surface area contributed by atoms with Crippen LogP contribution >= 0.6 is 11.3 Å². The van der Waals surface area contributed by atoms with Crippen LogP contribution in [0.1, 0.15) is 55.3 Å². The van der Waals surface area contributed by atoms with Crippen molar-refractivity contribution in [2.75, 3.05) is 6.61 Å². The number of ether oxygens (including phenoxy) is 1. The van der Waals surface area contributed by atoms with Gasteiger partial charge in [-0.3, -0.25) is 4.79 Å². The first kappa shape index (κ1) is 13.5.